The van der Waals surface area contributed by atoms with Crippen LogP contribution in [-0.4, -0.2) is 27.2 Å². The summed E-state index contributed by atoms with van der Waals surface area (Å²) >= 11 is 1.43. The Hall–Kier alpha value is -2.78. The molecule has 0 radical (unpaired) electrons. The van der Waals surface area contributed by atoms with Gasteiger partial charge in [-0.15, -0.1) is 0 Å². The molecule has 1 atom stereocenters. The Morgan fingerprint density at radius 3 is 2.69 bits per heavy atom. The van der Waals surface area contributed by atoms with Gasteiger partial charge in [-0.3, -0.25) is 14.5 Å². The Balaban J connectivity index is 1.58. The van der Waals surface area contributed by atoms with Crippen LogP contribution >= 0.6 is 11.3 Å². The maximum absolute atomic E-state index is 13.1. The van der Waals surface area contributed by atoms with Crippen LogP contribution in [0.25, 0.3) is 10.4 Å². The zero-order valence-corrected chi connectivity index (χ0v) is 19.9. The molecular weight excluding hydrogens is 444 g/mol. The van der Waals surface area contributed by atoms with Crippen LogP contribution in [0.5, 0.6) is 5.75 Å². The lowest BCUT2D eigenvalue weighted by atomic mass is 10.1. The lowest BCUT2D eigenvalue weighted by molar-refractivity contribution is -0.119. The van der Waals surface area contributed by atoms with Crippen LogP contribution in [0.4, 0.5) is 10.8 Å². The molecule has 1 unspecified atom stereocenters. The summed E-state index contributed by atoms with van der Waals surface area (Å²) in [6, 6.07) is 7.44. The van der Waals surface area contributed by atoms with E-state index in [-0.39, 0.29) is 11.8 Å². The molecule has 2 aromatic heterocycles. The maximum Gasteiger partial charge on any atom is 0.229 e. The zero-order chi connectivity index (χ0) is 22.7. The molecule has 3 aromatic rings. The lowest BCUT2D eigenvalue weighted by Crippen LogP contribution is -2.20. The second-order valence-corrected chi connectivity index (χ2v) is 10.1. The molecule has 2 heterocycles. The highest BCUT2D eigenvalue weighted by Crippen LogP contribution is 2.37. The second kappa shape index (κ2) is 9.79. The second-order valence-electron chi connectivity index (χ2n) is 7.89. The standard InChI is InChI=1S/C23H26N4O3S2/c1-14-10-18(13-24-12-14)27-32(29)20-11-17(8-9-19(20)30-3)21-15(2)25-23(31-21)26-22(28)16-6-4-5-7-16/h8-13,16,27H,4-7H2,1-3H3,(H,25,26,28). The highest BCUT2D eigenvalue weighted by atomic mass is 32.2. The number of pyridine rings is 1. The molecule has 32 heavy (non-hydrogen) atoms. The molecule has 0 spiro atoms. The Kier molecular flexibility index (Phi) is 6.86. The zero-order valence-electron chi connectivity index (χ0n) is 18.3. The summed E-state index contributed by atoms with van der Waals surface area (Å²) < 4.78 is 21.5. The molecule has 0 saturated heterocycles. The van der Waals surface area contributed by atoms with E-state index < -0.39 is 11.0 Å². The Labute approximate surface area is 194 Å². The first-order valence-corrected chi connectivity index (χ1v) is 12.5. The third-order valence-electron chi connectivity index (χ3n) is 5.46. The van der Waals surface area contributed by atoms with E-state index in [2.05, 4.69) is 20.0 Å². The van der Waals surface area contributed by atoms with Crippen molar-refractivity contribution >= 4 is 39.0 Å². The molecule has 0 aliphatic heterocycles. The first kappa shape index (κ1) is 22.4. The normalized spacial score (nSPS) is 14.8. The van der Waals surface area contributed by atoms with E-state index in [1.54, 1.807) is 25.6 Å². The molecule has 1 aromatic carbocycles. The predicted octanol–water partition coefficient (Wildman–Crippen LogP) is 5.09. The van der Waals surface area contributed by atoms with Gasteiger partial charge in [-0.25, -0.2) is 9.19 Å². The van der Waals surface area contributed by atoms with Crippen molar-refractivity contribution in [1.82, 2.24) is 9.97 Å². The lowest BCUT2D eigenvalue weighted by Gasteiger charge is -2.12. The quantitative estimate of drug-likeness (QED) is 0.501. The van der Waals surface area contributed by atoms with Gasteiger partial charge in [0.2, 0.25) is 5.91 Å². The number of nitrogens with one attached hydrogen (secondary N) is 2. The summed E-state index contributed by atoms with van der Waals surface area (Å²) in [5.74, 6) is 0.660. The number of benzene rings is 1. The molecule has 9 heteroatoms. The fourth-order valence-electron chi connectivity index (χ4n) is 3.85. The molecule has 1 fully saturated rings. The monoisotopic (exact) mass is 470 g/mol. The number of ether oxygens (including phenoxy) is 1. The summed E-state index contributed by atoms with van der Waals surface area (Å²) in [5, 5.41) is 3.57. The average molecular weight is 471 g/mol. The van der Waals surface area contributed by atoms with Gasteiger partial charge in [0, 0.05) is 12.1 Å². The van der Waals surface area contributed by atoms with Crippen molar-refractivity contribution in [3.05, 3.63) is 47.9 Å². The van der Waals surface area contributed by atoms with Crippen molar-refractivity contribution in [2.45, 2.75) is 44.4 Å². The average Bonchev–Trinajstić information content (AvgIpc) is 3.43. The number of carbonyl (C=O) groups excluding carboxylic acids is 1. The number of carbonyl (C=O) groups is 1. The number of nitrogens with zero attached hydrogens (tertiary/aromatic N) is 2. The third-order valence-corrected chi connectivity index (χ3v) is 7.73. The molecule has 1 saturated carbocycles. The number of rotatable bonds is 7. The van der Waals surface area contributed by atoms with Crippen LogP contribution in [0.15, 0.2) is 41.6 Å². The Morgan fingerprint density at radius 2 is 1.97 bits per heavy atom. The van der Waals surface area contributed by atoms with E-state index in [4.69, 9.17) is 4.74 Å². The van der Waals surface area contributed by atoms with Crippen LogP contribution in [-0.2, 0) is 15.8 Å². The van der Waals surface area contributed by atoms with Crippen LogP contribution in [0.1, 0.15) is 36.9 Å². The number of aryl methyl sites for hydroxylation is 2. The fraction of sp³-hybridized carbons (Fsp3) is 0.348. The summed E-state index contributed by atoms with van der Waals surface area (Å²) in [6.45, 7) is 3.84. The molecule has 7 nitrogen and oxygen atoms in total. The summed E-state index contributed by atoms with van der Waals surface area (Å²) in [5.41, 5.74) is 3.32. The van der Waals surface area contributed by atoms with Crippen molar-refractivity contribution < 1.29 is 13.7 Å². The van der Waals surface area contributed by atoms with Gasteiger partial charge in [-0.2, -0.15) is 0 Å². The highest BCUT2D eigenvalue weighted by Gasteiger charge is 2.24. The van der Waals surface area contributed by atoms with Crippen molar-refractivity contribution in [3.8, 4) is 16.2 Å². The Bertz CT molecular complexity index is 1160. The fourth-order valence-corrected chi connectivity index (χ4v) is 5.82. The molecule has 1 aliphatic carbocycles. The molecule has 4 rings (SSSR count). The van der Waals surface area contributed by atoms with E-state index >= 15 is 0 Å². The van der Waals surface area contributed by atoms with Gasteiger partial charge >= 0.3 is 0 Å². The highest BCUT2D eigenvalue weighted by molar-refractivity contribution is 7.86. The van der Waals surface area contributed by atoms with Gasteiger partial charge in [0.05, 0.1) is 29.6 Å². The van der Waals surface area contributed by atoms with Gasteiger partial charge in [0.1, 0.15) is 10.6 Å². The number of anilines is 2. The van der Waals surface area contributed by atoms with E-state index in [0.29, 0.717) is 21.5 Å². The predicted molar refractivity (Wildman–Crippen MR) is 128 cm³/mol. The SMILES string of the molecule is COc1ccc(-c2sc(NC(=O)C3CCCC3)nc2C)cc1S(=O)Nc1cncc(C)c1. The van der Waals surface area contributed by atoms with Gasteiger partial charge in [-0.1, -0.05) is 24.2 Å². The van der Waals surface area contributed by atoms with Gasteiger partial charge in [0.25, 0.3) is 0 Å². The molecule has 168 valence electrons. The number of thiazole rings is 1. The summed E-state index contributed by atoms with van der Waals surface area (Å²) in [7, 11) is 0.00473. The number of amides is 1. The maximum atomic E-state index is 13.1. The minimum atomic E-state index is -1.55. The third kappa shape index (κ3) is 4.99. The van der Waals surface area contributed by atoms with Crippen molar-refractivity contribution in [3.63, 3.8) is 0 Å². The number of aromatic nitrogens is 2. The smallest absolute Gasteiger partial charge is 0.229 e. The first-order chi connectivity index (χ1) is 15.4. The van der Waals surface area contributed by atoms with Crippen molar-refractivity contribution in [1.29, 1.82) is 0 Å². The minimum absolute atomic E-state index is 0.0512. The minimum Gasteiger partial charge on any atom is -0.495 e. The van der Waals surface area contributed by atoms with E-state index in [9.17, 15) is 9.00 Å². The summed E-state index contributed by atoms with van der Waals surface area (Å²) in [6.07, 6.45) is 7.48. The van der Waals surface area contributed by atoms with Gasteiger partial charge < -0.3 is 10.1 Å². The molecule has 1 amide bonds. The largest absolute Gasteiger partial charge is 0.495 e. The number of methoxy groups -OCH3 is 1. The van der Waals surface area contributed by atoms with Crippen LogP contribution in [0, 0.1) is 19.8 Å². The molecule has 0 bridgehead atoms. The summed E-state index contributed by atoms with van der Waals surface area (Å²) in [4.78, 5) is 22.6. The van der Waals surface area contributed by atoms with Crippen LogP contribution in [0.2, 0.25) is 0 Å². The molecular formula is C23H26N4O3S2. The topological polar surface area (TPSA) is 93.2 Å². The number of hydrogen-bond acceptors (Lipinski definition) is 6. The molecule has 2 N–H and O–H groups in total. The van der Waals surface area contributed by atoms with E-state index in [1.807, 2.05) is 32.0 Å². The van der Waals surface area contributed by atoms with Crippen LogP contribution < -0.4 is 14.8 Å². The molecule has 1 aliphatic rings. The van der Waals surface area contributed by atoms with E-state index in [1.165, 1.54) is 11.3 Å². The first-order valence-electron chi connectivity index (χ1n) is 10.5. The van der Waals surface area contributed by atoms with E-state index in [0.717, 1.165) is 47.4 Å². The Morgan fingerprint density at radius 1 is 1.19 bits per heavy atom. The number of hydrogen-bond donors (Lipinski definition) is 2. The van der Waals surface area contributed by atoms with Crippen molar-refractivity contribution in [2.75, 3.05) is 17.1 Å². The van der Waals surface area contributed by atoms with Crippen LogP contribution in [0.3, 0.4) is 0 Å². The van der Waals surface area contributed by atoms with Gasteiger partial charge in [0.15, 0.2) is 16.1 Å². The van der Waals surface area contributed by atoms with Crippen molar-refractivity contribution in [2.24, 2.45) is 5.92 Å². The van der Waals surface area contributed by atoms with Gasteiger partial charge in [-0.05, 0) is 62.1 Å².